The molecule has 0 amide bonds. The summed E-state index contributed by atoms with van der Waals surface area (Å²) < 4.78 is 45.6. The van der Waals surface area contributed by atoms with Crippen molar-refractivity contribution in [3.8, 4) is 0 Å². The Bertz CT molecular complexity index is 264. The Morgan fingerprint density at radius 1 is 1.18 bits per heavy atom. The molecular formula is C9H15F3O4Si. The zero-order chi connectivity index (χ0) is 13.6. The van der Waals surface area contributed by atoms with Crippen molar-refractivity contribution in [2.45, 2.75) is 45.3 Å². The molecule has 0 aliphatic heterocycles. The molecule has 0 spiro atoms. The van der Waals surface area contributed by atoms with Crippen LogP contribution in [-0.2, 0) is 18.4 Å². The second-order valence-electron chi connectivity index (χ2n) is 3.72. The highest BCUT2D eigenvalue weighted by Gasteiger charge is 2.33. The number of hydrogen-bond acceptors (Lipinski definition) is 4. The van der Waals surface area contributed by atoms with Crippen LogP contribution >= 0.6 is 0 Å². The van der Waals surface area contributed by atoms with Crippen molar-refractivity contribution in [3.05, 3.63) is 0 Å². The fourth-order valence-electron chi connectivity index (χ4n) is 1.11. The van der Waals surface area contributed by atoms with Crippen molar-refractivity contribution < 1.29 is 31.6 Å². The minimum absolute atomic E-state index is 0.221. The average Bonchev–Trinajstić information content (AvgIpc) is 2.10. The molecule has 0 saturated carbocycles. The summed E-state index contributed by atoms with van der Waals surface area (Å²) in [6, 6.07) is 0. The van der Waals surface area contributed by atoms with E-state index in [9.17, 15) is 22.8 Å². The minimum Gasteiger partial charge on any atom is -0.487 e. The number of carbonyl (C=O) groups excluding carboxylic acids is 2. The van der Waals surface area contributed by atoms with Gasteiger partial charge in [-0.05, 0) is 6.42 Å². The van der Waals surface area contributed by atoms with Crippen LogP contribution in [0.25, 0.3) is 0 Å². The number of rotatable bonds is 5. The van der Waals surface area contributed by atoms with E-state index in [4.69, 9.17) is 8.85 Å². The van der Waals surface area contributed by atoms with Gasteiger partial charge in [0.15, 0.2) is 0 Å². The van der Waals surface area contributed by atoms with E-state index in [0.29, 0.717) is 0 Å². The van der Waals surface area contributed by atoms with Gasteiger partial charge in [0, 0.05) is 25.8 Å². The van der Waals surface area contributed by atoms with E-state index >= 15 is 0 Å². The van der Waals surface area contributed by atoms with E-state index in [-0.39, 0.29) is 6.42 Å². The van der Waals surface area contributed by atoms with Crippen LogP contribution in [0.3, 0.4) is 0 Å². The summed E-state index contributed by atoms with van der Waals surface area (Å²) in [7, 11) is -2.73. The highest BCUT2D eigenvalue weighted by atomic mass is 28.3. The Morgan fingerprint density at radius 3 is 1.88 bits per heavy atom. The Hall–Kier alpha value is -1.05. The Balaban J connectivity index is 4.36. The first kappa shape index (κ1) is 15.9. The number of carbonyl (C=O) groups is 2. The van der Waals surface area contributed by atoms with Crippen LogP contribution in [0.1, 0.15) is 33.6 Å². The zero-order valence-corrected chi connectivity index (χ0v) is 11.0. The molecule has 0 N–H and O–H groups in total. The molecule has 0 fully saturated rings. The lowest BCUT2D eigenvalue weighted by atomic mass is 10.2. The van der Waals surface area contributed by atoms with E-state index in [1.165, 1.54) is 6.92 Å². The number of hydrogen-bond donors (Lipinski definition) is 0. The molecule has 0 bridgehead atoms. The number of alkyl halides is 3. The van der Waals surface area contributed by atoms with E-state index in [1.54, 1.807) is 0 Å². The quantitative estimate of drug-likeness (QED) is 0.719. The zero-order valence-electron chi connectivity index (χ0n) is 9.84. The molecular weight excluding hydrogens is 257 g/mol. The van der Waals surface area contributed by atoms with Crippen molar-refractivity contribution in [3.63, 3.8) is 0 Å². The highest BCUT2D eigenvalue weighted by Crippen LogP contribution is 2.28. The first-order valence-electron chi connectivity index (χ1n) is 5.03. The summed E-state index contributed by atoms with van der Waals surface area (Å²) in [6.45, 7) is 3.73. The summed E-state index contributed by atoms with van der Waals surface area (Å²) in [5.74, 6) is -1.30. The predicted octanol–water partition coefficient (Wildman–Crippen LogP) is 2.07. The normalized spacial score (nSPS) is 13.4. The third kappa shape index (κ3) is 8.72. The summed E-state index contributed by atoms with van der Waals surface area (Å²) in [6.07, 6.45) is -5.47. The molecule has 0 aromatic rings. The van der Waals surface area contributed by atoms with Crippen LogP contribution in [0.5, 0.6) is 0 Å². The van der Waals surface area contributed by atoms with E-state index < -0.39 is 39.4 Å². The van der Waals surface area contributed by atoms with Gasteiger partial charge in [-0.25, -0.2) is 0 Å². The van der Waals surface area contributed by atoms with Gasteiger partial charge in [0.25, 0.3) is 11.9 Å². The molecule has 0 heterocycles. The third-order valence-electron chi connectivity index (χ3n) is 1.91. The Morgan fingerprint density at radius 2 is 1.59 bits per heavy atom. The van der Waals surface area contributed by atoms with Gasteiger partial charge < -0.3 is 8.85 Å². The van der Waals surface area contributed by atoms with Crippen molar-refractivity contribution in [1.29, 1.82) is 0 Å². The van der Waals surface area contributed by atoms with E-state index in [2.05, 4.69) is 0 Å². The molecule has 0 radical (unpaired) electrons. The van der Waals surface area contributed by atoms with Crippen molar-refractivity contribution >= 4 is 21.2 Å². The molecule has 0 aromatic carbocycles. The summed E-state index contributed by atoms with van der Waals surface area (Å²) in [5.41, 5.74) is -0.579. The van der Waals surface area contributed by atoms with Crippen molar-refractivity contribution in [2.75, 3.05) is 0 Å². The van der Waals surface area contributed by atoms with Crippen LogP contribution < -0.4 is 0 Å². The molecule has 4 nitrogen and oxygen atoms in total. The smallest absolute Gasteiger partial charge is 0.451 e. The lowest BCUT2D eigenvalue weighted by Crippen LogP contribution is -2.32. The molecule has 0 aromatic heterocycles. The summed E-state index contributed by atoms with van der Waals surface area (Å²) in [4.78, 5) is 21.5. The molecule has 0 aliphatic carbocycles. The average molecular weight is 272 g/mol. The number of halogens is 3. The van der Waals surface area contributed by atoms with Gasteiger partial charge in [-0.15, -0.1) is 0 Å². The van der Waals surface area contributed by atoms with Gasteiger partial charge in [0.1, 0.15) is 0 Å². The monoisotopic (exact) mass is 272 g/mol. The minimum atomic E-state index is -4.26. The van der Waals surface area contributed by atoms with Crippen LogP contribution in [0.15, 0.2) is 0 Å². The van der Waals surface area contributed by atoms with Crippen molar-refractivity contribution in [1.82, 2.24) is 0 Å². The fourth-order valence-corrected chi connectivity index (χ4v) is 2.72. The van der Waals surface area contributed by atoms with Gasteiger partial charge >= 0.3 is 15.5 Å². The first-order valence-corrected chi connectivity index (χ1v) is 6.64. The highest BCUT2D eigenvalue weighted by molar-refractivity contribution is 6.50. The third-order valence-corrected chi connectivity index (χ3v) is 4.30. The Kier molecular flexibility index (Phi) is 6.22. The lowest BCUT2D eigenvalue weighted by molar-refractivity contribution is -0.138. The molecule has 1 atom stereocenters. The largest absolute Gasteiger partial charge is 0.487 e. The van der Waals surface area contributed by atoms with Crippen LogP contribution in [0.2, 0.25) is 5.54 Å². The van der Waals surface area contributed by atoms with Crippen molar-refractivity contribution in [2.24, 2.45) is 0 Å². The molecule has 0 saturated heterocycles. The van der Waals surface area contributed by atoms with E-state index in [1.807, 2.05) is 0 Å². The van der Waals surface area contributed by atoms with Gasteiger partial charge in [0.2, 0.25) is 0 Å². The maximum absolute atomic E-state index is 12.0. The topological polar surface area (TPSA) is 52.6 Å². The second kappa shape index (κ2) is 6.63. The lowest BCUT2D eigenvalue weighted by Gasteiger charge is -2.21. The molecule has 8 heteroatoms. The fraction of sp³-hybridized carbons (Fsp3) is 0.778. The predicted molar refractivity (Wildman–Crippen MR) is 55.4 cm³/mol. The Labute approximate surface area is 98.9 Å². The van der Waals surface area contributed by atoms with E-state index in [0.717, 1.165) is 13.8 Å². The molecule has 1 unspecified atom stereocenters. The summed E-state index contributed by atoms with van der Waals surface area (Å²) >= 11 is 0. The summed E-state index contributed by atoms with van der Waals surface area (Å²) in [5, 5.41) is 0. The molecule has 0 aliphatic rings. The second-order valence-corrected chi connectivity index (χ2v) is 6.06. The molecule has 100 valence electrons. The molecule has 17 heavy (non-hydrogen) atoms. The van der Waals surface area contributed by atoms with Gasteiger partial charge in [-0.2, -0.15) is 13.2 Å². The standard InChI is InChI=1S/C9H15F3O4Si/c1-6(4-5-9(10,11)12)17(15-7(2)13)16-8(3)14/h6,17H,4-5H2,1-3H3. The SMILES string of the molecule is CC(=O)O[SiH](OC(C)=O)C(C)CCC(F)(F)F. The molecule has 0 rings (SSSR count). The maximum atomic E-state index is 12.0. The van der Waals surface area contributed by atoms with Crippen LogP contribution in [0, 0.1) is 0 Å². The van der Waals surface area contributed by atoms with Gasteiger partial charge in [-0.3, -0.25) is 9.59 Å². The first-order chi connectivity index (χ1) is 7.61. The van der Waals surface area contributed by atoms with Gasteiger partial charge in [0.05, 0.1) is 0 Å². The van der Waals surface area contributed by atoms with Crippen LogP contribution in [-0.4, -0.2) is 27.4 Å². The van der Waals surface area contributed by atoms with Gasteiger partial charge in [-0.1, -0.05) is 6.92 Å². The maximum Gasteiger partial charge on any atom is 0.451 e. The van der Waals surface area contributed by atoms with Crippen LogP contribution in [0.4, 0.5) is 13.2 Å².